The Hall–Kier alpha value is -1.01. The summed E-state index contributed by atoms with van der Waals surface area (Å²) in [5, 5.41) is 0.320. The molecule has 6 heteroatoms. The van der Waals surface area contributed by atoms with E-state index < -0.39 is 11.6 Å². The SMILES string of the molecule is Nc1ncc(-c2c(F)ccc(F)c2Br)s1. The molecule has 1 aromatic carbocycles. The molecule has 78 valence electrons. The number of halogens is 3. The Morgan fingerprint density at radius 2 is 1.93 bits per heavy atom. The predicted octanol–water partition coefficient (Wildman–Crippen LogP) is 3.43. The topological polar surface area (TPSA) is 38.9 Å². The molecule has 0 bridgehead atoms. The largest absolute Gasteiger partial charge is 0.375 e. The summed E-state index contributed by atoms with van der Waals surface area (Å²) >= 11 is 4.11. The molecule has 2 rings (SSSR count). The van der Waals surface area contributed by atoms with Gasteiger partial charge in [0.1, 0.15) is 11.6 Å². The fourth-order valence-electron chi connectivity index (χ4n) is 1.16. The molecule has 0 aliphatic carbocycles. The first-order valence-corrected chi connectivity index (χ1v) is 5.55. The molecule has 0 fully saturated rings. The van der Waals surface area contributed by atoms with Crippen molar-refractivity contribution in [2.24, 2.45) is 0 Å². The normalized spacial score (nSPS) is 10.6. The first kappa shape index (κ1) is 10.5. The van der Waals surface area contributed by atoms with Crippen LogP contribution in [0.5, 0.6) is 0 Å². The van der Waals surface area contributed by atoms with Gasteiger partial charge >= 0.3 is 0 Å². The van der Waals surface area contributed by atoms with Crippen LogP contribution < -0.4 is 5.73 Å². The molecular weight excluding hydrogens is 286 g/mol. The second kappa shape index (κ2) is 3.86. The molecule has 0 atom stereocenters. The molecule has 0 aliphatic rings. The summed E-state index contributed by atoms with van der Waals surface area (Å²) in [7, 11) is 0. The first-order chi connectivity index (χ1) is 7.09. The van der Waals surface area contributed by atoms with E-state index in [4.69, 9.17) is 5.73 Å². The quantitative estimate of drug-likeness (QED) is 0.817. The molecule has 1 heterocycles. The number of hydrogen-bond donors (Lipinski definition) is 1. The summed E-state index contributed by atoms with van der Waals surface area (Å²) in [6.45, 7) is 0. The molecular formula is C9H5BrF2N2S. The average Bonchev–Trinajstić information content (AvgIpc) is 2.59. The summed E-state index contributed by atoms with van der Waals surface area (Å²) in [6, 6.07) is 2.14. The van der Waals surface area contributed by atoms with Gasteiger partial charge in [0.05, 0.1) is 9.35 Å². The van der Waals surface area contributed by atoms with Gasteiger partial charge in [-0.1, -0.05) is 11.3 Å². The highest BCUT2D eigenvalue weighted by atomic mass is 79.9. The number of rotatable bonds is 1. The van der Waals surface area contributed by atoms with E-state index in [0.29, 0.717) is 10.0 Å². The van der Waals surface area contributed by atoms with Gasteiger partial charge < -0.3 is 5.73 Å². The Morgan fingerprint density at radius 3 is 2.53 bits per heavy atom. The Bertz CT molecular complexity index is 513. The number of nitrogens with two attached hydrogens (primary N) is 1. The van der Waals surface area contributed by atoms with Crippen molar-refractivity contribution in [3.8, 4) is 10.4 Å². The van der Waals surface area contributed by atoms with Crippen molar-refractivity contribution < 1.29 is 8.78 Å². The third-order valence-electron chi connectivity index (χ3n) is 1.81. The highest BCUT2D eigenvalue weighted by Gasteiger charge is 2.15. The minimum Gasteiger partial charge on any atom is -0.375 e. The van der Waals surface area contributed by atoms with Crippen LogP contribution in [0.25, 0.3) is 10.4 Å². The maximum Gasteiger partial charge on any atom is 0.180 e. The van der Waals surface area contributed by atoms with Crippen LogP contribution in [-0.2, 0) is 0 Å². The average molecular weight is 291 g/mol. The van der Waals surface area contributed by atoms with Crippen LogP contribution in [0, 0.1) is 11.6 Å². The van der Waals surface area contributed by atoms with E-state index in [0.717, 1.165) is 23.5 Å². The van der Waals surface area contributed by atoms with E-state index in [1.54, 1.807) is 0 Å². The summed E-state index contributed by atoms with van der Waals surface area (Å²) in [6.07, 6.45) is 1.42. The minimum atomic E-state index is -0.515. The van der Waals surface area contributed by atoms with Gasteiger partial charge in [0.15, 0.2) is 5.13 Å². The number of thiazole rings is 1. The molecule has 15 heavy (non-hydrogen) atoms. The zero-order valence-electron chi connectivity index (χ0n) is 7.30. The smallest absolute Gasteiger partial charge is 0.180 e. The van der Waals surface area contributed by atoms with Crippen LogP contribution in [0.2, 0.25) is 0 Å². The lowest BCUT2D eigenvalue weighted by Crippen LogP contribution is -1.87. The fourth-order valence-corrected chi connectivity index (χ4v) is 2.56. The van der Waals surface area contributed by atoms with Gasteiger partial charge in [-0.15, -0.1) is 0 Å². The maximum absolute atomic E-state index is 13.5. The van der Waals surface area contributed by atoms with E-state index in [1.165, 1.54) is 6.20 Å². The molecule has 0 amide bonds. The monoisotopic (exact) mass is 290 g/mol. The first-order valence-electron chi connectivity index (χ1n) is 3.95. The summed E-state index contributed by atoms with van der Waals surface area (Å²) < 4.78 is 26.7. The maximum atomic E-state index is 13.5. The fraction of sp³-hybridized carbons (Fsp3) is 0. The third-order valence-corrected chi connectivity index (χ3v) is 3.43. The minimum absolute atomic E-state index is 0.0890. The summed E-state index contributed by atoms with van der Waals surface area (Å²) in [4.78, 5) is 4.29. The molecule has 0 saturated heterocycles. The summed E-state index contributed by atoms with van der Waals surface area (Å²) in [5.74, 6) is -1.02. The van der Waals surface area contributed by atoms with Crippen LogP contribution in [0.15, 0.2) is 22.8 Å². The predicted molar refractivity (Wildman–Crippen MR) is 59.6 cm³/mol. The zero-order chi connectivity index (χ0) is 11.0. The Kier molecular flexibility index (Phi) is 2.70. The molecule has 2 nitrogen and oxygen atoms in total. The molecule has 0 unspecified atom stereocenters. The van der Waals surface area contributed by atoms with E-state index in [9.17, 15) is 8.78 Å². The number of anilines is 1. The van der Waals surface area contributed by atoms with Crippen molar-refractivity contribution in [3.63, 3.8) is 0 Å². The Labute approximate surface area is 96.9 Å². The number of nitrogens with zero attached hydrogens (tertiary/aromatic N) is 1. The van der Waals surface area contributed by atoms with Gasteiger partial charge in [-0.3, -0.25) is 0 Å². The van der Waals surface area contributed by atoms with E-state index in [-0.39, 0.29) is 10.0 Å². The lowest BCUT2D eigenvalue weighted by molar-refractivity contribution is 0.598. The van der Waals surface area contributed by atoms with Crippen molar-refractivity contribution in [2.75, 3.05) is 5.73 Å². The van der Waals surface area contributed by atoms with Crippen LogP contribution >= 0.6 is 27.3 Å². The second-order valence-corrected chi connectivity index (χ2v) is 4.64. The highest BCUT2D eigenvalue weighted by molar-refractivity contribution is 9.10. The Balaban J connectivity index is 2.66. The molecule has 0 aliphatic heterocycles. The number of hydrogen-bond acceptors (Lipinski definition) is 3. The molecule has 0 radical (unpaired) electrons. The van der Waals surface area contributed by atoms with E-state index in [1.807, 2.05) is 0 Å². The van der Waals surface area contributed by atoms with Gasteiger partial charge in [-0.2, -0.15) is 0 Å². The standard InChI is InChI=1S/C9H5BrF2N2S/c10-8-5(12)2-1-4(11)7(8)6-3-14-9(13)15-6/h1-3H,(H2,13,14). The van der Waals surface area contributed by atoms with Gasteiger partial charge in [0.25, 0.3) is 0 Å². The van der Waals surface area contributed by atoms with Crippen molar-refractivity contribution >= 4 is 32.4 Å². The lowest BCUT2D eigenvalue weighted by atomic mass is 10.2. The second-order valence-electron chi connectivity index (χ2n) is 2.78. The van der Waals surface area contributed by atoms with E-state index in [2.05, 4.69) is 20.9 Å². The van der Waals surface area contributed by atoms with Crippen LogP contribution in [-0.4, -0.2) is 4.98 Å². The van der Waals surface area contributed by atoms with Gasteiger partial charge in [0.2, 0.25) is 0 Å². The van der Waals surface area contributed by atoms with Crippen LogP contribution in [0.4, 0.5) is 13.9 Å². The van der Waals surface area contributed by atoms with Crippen molar-refractivity contribution in [2.45, 2.75) is 0 Å². The molecule has 2 aromatic rings. The van der Waals surface area contributed by atoms with Gasteiger partial charge in [-0.05, 0) is 28.1 Å². The summed E-state index contributed by atoms with van der Waals surface area (Å²) in [5.41, 5.74) is 5.59. The highest BCUT2D eigenvalue weighted by Crippen LogP contribution is 2.36. The molecule has 2 N–H and O–H groups in total. The molecule has 0 saturated carbocycles. The van der Waals surface area contributed by atoms with Gasteiger partial charge in [-0.25, -0.2) is 13.8 Å². The number of nitrogen functional groups attached to an aromatic ring is 1. The molecule has 1 aromatic heterocycles. The van der Waals surface area contributed by atoms with Crippen molar-refractivity contribution in [1.29, 1.82) is 0 Å². The Morgan fingerprint density at radius 1 is 1.27 bits per heavy atom. The molecule has 0 spiro atoms. The van der Waals surface area contributed by atoms with Crippen LogP contribution in [0.1, 0.15) is 0 Å². The zero-order valence-corrected chi connectivity index (χ0v) is 9.70. The van der Waals surface area contributed by atoms with Gasteiger partial charge in [0, 0.05) is 11.8 Å². The van der Waals surface area contributed by atoms with E-state index >= 15 is 0 Å². The number of aromatic nitrogens is 1. The lowest BCUT2D eigenvalue weighted by Gasteiger charge is -2.03. The van der Waals surface area contributed by atoms with Crippen molar-refractivity contribution in [1.82, 2.24) is 4.98 Å². The van der Waals surface area contributed by atoms with Crippen LogP contribution in [0.3, 0.4) is 0 Å². The third kappa shape index (κ3) is 1.87. The van der Waals surface area contributed by atoms with Crippen molar-refractivity contribution in [3.05, 3.63) is 34.4 Å². The number of benzene rings is 1.